The van der Waals surface area contributed by atoms with Crippen molar-refractivity contribution in [3.8, 4) is 5.75 Å². The number of rotatable bonds is 11. The lowest BCUT2D eigenvalue weighted by Crippen LogP contribution is -2.38. The van der Waals surface area contributed by atoms with Crippen molar-refractivity contribution in [2.75, 3.05) is 19.5 Å². The Labute approximate surface area is 269 Å². The van der Waals surface area contributed by atoms with Gasteiger partial charge < -0.3 is 19.1 Å². The van der Waals surface area contributed by atoms with Crippen molar-refractivity contribution in [2.45, 2.75) is 5.54 Å². The molecular formula is C33H24F5N2O5PS. The number of esters is 1. The average molecular weight is 687 g/mol. The molecule has 0 saturated heterocycles. The molecule has 4 aromatic carbocycles. The van der Waals surface area contributed by atoms with Gasteiger partial charge in [0.15, 0.2) is 5.13 Å². The highest BCUT2D eigenvalue weighted by molar-refractivity contribution is 7.57. The van der Waals surface area contributed by atoms with Crippen LogP contribution < -0.4 is 10.1 Å². The van der Waals surface area contributed by atoms with Crippen LogP contribution in [0.3, 0.4) is 0 Å². The van der Waals surface area contributed by atoms with E-state index in [1.54, 1.807) is 0 Å². The first-order valence-corrected chi connectivity index (χ1v) is 16.1. The van der Waals surface area contributed by atoms with Crippen LogP contribution in [-0.4, -0.2) is 25.2 Å². The summed E-state index contributed by atoms with van der Waals surface area (Å²) in [4.78, 5) is 17.8. The van der Waals surface area contributed by atoms with E-state index in [0.717, 1.165) is 42.2 Å². The first-order valence-electron chi connectivity index (χ1n) is 13.6. The number of hydrogen-bond donors (Lipinski definition) is 1. The minimum absolute atomic E-state index is 0.219. The molecule has 0 aliphatic rings. The Balaban J connectivity index is 1.64. The van der Waals surface area contributed by atoms with Gasteiger partial charge in [-0.1, -0.05) is 91.0 Å². The van der Waals surface area contributed by atoms with Crippen molar-refractivity contribution in [1.82, 2.24) is 4.98 Å². The molecule has 1 N–H and O–H groups in total. The molecule has 1 heterocycles. The third kappa shape index (κ3) is 6.61. The lowest BCUT2D eigenvalue weighted by Gasteiger charge is -2.36. The summed E-state index contributed by atoms with van der Waals surface area (Å²) in [6, 6.07) is 28.3. The molecule has 0 saturated carbocycles. The number of thiazole rings is 1. The Morgan fingerprint density at radius 1 is 0.745 bits per heavy atom. The fourth-order valence-electron chi connectivity index (χ4n) is 4.78. The highest BCUT2D eigenvalue weighted by Gasteiger charge is 2.38. The van der Waals surface area contributed by atoms with Crippen molar-refractivity contribution < 1.29 is 45.1 Å². The molecule has 5 aromatic rings. The van der Waals surface area contributed by atoms with Gasteiger partial charge in [0.1, 0.15) is 5.54 Å². The van der Waals surface area contributed by atoms with Gasteiger partial charge in [-0.05, 0) is 16.7 Å². The van der Waals surface area contributed by atoms with E-state index in [-0.39, 0.29) is 10.8 Å². The van der Waals surface area contributed by atoms with E-state index >= 15 is 0 Å². The SMILES string of the molecule is COP(=O)(/C=C(/C(=O)Oc1c(F)c(F)c(F)c(F)c1F)c1csc(NC(c2ccccc2)(c2ccccc2)c2ccccc2)n1)OC. The predicted octanol–water partition coefficient (Wildman–Crippen LogP) is 8.68. The number of nitrogens with one attached hydrogen (secondary N) is 1. The first-order chi connectivity index (χ1) is 22.5. The number of ether oxygens (including phenoxy) is 1. The van der Waals surface area contributed by atoms with Crippen LogP contribution in [-0.2, 0) is 23.9 Å². The molecule has 242 valence electrons. The highest BCUT2D eigenvalue weighted by atomic mass is 32.1. The van der Waals surface area contributed by atoms with E-state index in [0.29, 0.717) is 5.82 Å². The molecule has 7 nitrogen and oxygen atoms in total. The van der Waals surface area contributed by atoms with E-state index in [4.69, 9.17) is 9.05 Å². The van der Waals surface area contributed by atoms with Crippen LogP contribution in [0.2, 0.25) is 0 Å². The van der Waals surface area contributed by atoms with Gasteiger partial charge in [-0.15, -0.1) is 11.3 Å². The van der Waals surface area contributed by atoms with Gasteiger partial charge in [-0.2, -0.15) is 8.78 Å². The smallest absolute Gasteiger partial charge is 0.354 e. The molecule has 0 atom stereocenters. The number of nitrogens with zero attached hydrogens (tertiary/aromatic N) is 1. The lowest BCUT2D eigenvalue weighted by molar-refractivity contribution is -0.128. The van der Waals surface area contributed by atoms with Crippen molar-refractivity contribution in [3.05, 3.63) is 154 Å². The predicted molar refractivity (Wildman–Crippen MR) is 166 cm³/mol. The van der Waals surface area contributed by atoms with Crippen molar-refractivity contribution in [3.63, 3.8) is 0 Å². The first kappa shape index (κ1) is 33.7. The van der Waals surface area contributed by atoms with E-state index in [1.165, 1.54) is 5.38 Å². The third-order valence-electron chi connectivity index (χ3n) is 7.08. The largest absolute Gasteiger partial charge is 0.416 e. The summed E-state index contributed by atoms with van der Waals surface area (Å²) in [5.74, 6) is -14.7. The molecule has 0 fully saturated rings. The molecule has 5 rings (SSSR count). The standard InChI is InChI=1S/C33H24F5N2O5PS/c1-43-46(42,44-2)18-23(31(41)45-30-28(37)26(35)25(34)27(36)29(30)38)24-19-47-32(39-24)40-33(20-12-6-3-7-13-20,21-14-8-4-9-15-21)22-16-10-5-11-17-22/h3-19H,1-2H3,(H,39,40)/b23-18+. The van der Waals surface area contributed by atoms with Crippen molar-refractivity contribution >= 4 is 35.6 Å². The summed E-state index contributed by atoms with van der Waals surface area (Å²) in [5, 5.41) is 5.03. The van der Waals surface area contributed by atoms with Crippen LogP contribution >= 0.6 is 18.9 Å². The molecule has 0 bridgehead atoms. The number of carbonyl (C=O) groups excluding carboxylic acids is 1. The van der Waals surface area contributed by atoms with Gasteiger partial charge in [-0.25, -0.2) is 22.9 Å². The van der Waals surface area contributed by atoms with Gasteiger partial charge in [0.2, 0.25) is 34.8 Å². The van der Waals surface area contributed by atoms with E-state index < -0.39 is 59.5 Å². The molecule has 0 radical (unpaired) electrons. The number of hydrogen-bond acceptors (Lipinski definition) is 8. The maximum absolute atomic E-state index is 14.4. The summed E-state index contributed by atoms with van der Waals surface area (Å²) < 4.78 is 97.7. The Morgan fingerprint density at radius 2 is 1.17 bits per heavy atom. The van der Waals surface area contributed by atoms with Crippen LogP contribution in [0.5, 0.6) is 5.75 Å². The number of benzene rings is 4. The zero-order chi connectivity index (χ0) is 33.8. The minimum Gasteiger partial charge on any atom is -0.416 e. The molecule has 14 heteroatoms. The Hall–Kier alpha value is -4.68. The summed E-state index contributed by atoms with van der Waals surface area (Å²) in [7, 11) is -2.18. The second-order valence-electron chi connectivity index (χ2n) is 9.75. The Kier molecular flexibility index (Phi) is 10.0. The molecule has 1 aromatic heterocycles. The average Bonchev–Trinajstić information content (AvgIpc) is 3.58. The third-order valence-corrected chi connectivity index (χ3v) is 9.43. The minimum atomic E-state index is -4.20. The van der Waals surface area contributed by atoms with Crippen LogP contribution in [0.4, 0.5) is 27.1 Å². The fraction of sp³-hybridized carbons (Fsp3) is 0.0909. The van der Waals surface area contributed by atoms with Gasteiger partial charge in [0, 0.05) is 25.4 Å². The monoisotopic (exact) mass is 686 g/mol. The van der Waals surface area contributed by atoms with E-state index in [1.807, 2.05) is 91.0 Å². The maximum Gasteiger partial charge on any atom is 0.354 e. The number of anilines is 1. The number of halogens is 5. The van der Waals surface area contributed by atoms with Crippen molar-refractivity contribution in [1.29, 1.82) is 0 Å². The Morgan fingerprint density at radius 3 is 1.60 bits per heavy atom. The summed E-state index contributed by atoms with van der Waals surface area (Å²) >= 11 is 1.01. The number of carbonyl (C=O) groups is 1. The molecule has 0 aliphatic heterocycles. The van der Waals surface area contributed by atoms with Crippen molar-refractivity contribution in [2.24, 2.45) is 0 Å². The highest BCUT2D eigenvalue weighted by Crippen LogP contribution is 2.50. The molecule has 0 amide bonds. The van der Waals surface area contributed by atoms with Crippen LogP contribution in [0, 0.1) is 29.1 Å². The second-order valence-corrected chi connectivity index (χ2v) is 12.7. The zero-order valence-electron chi connectivity index (χ0n) is 24.5. The van der Waals surface area contributed by atoms with E-state index in [2.05, 4.69) is 15.0 Å². The van der Waals surface area contributed by atoms with Crippen LogP contribution in [0.15, 0.2) is 102 Å². The maximum atomic E-state index is 14.4. The summed E-state index contributed by atoms with van der Waals surface area (Å²) in [5.41, 5.74) is 0.475. The molecule has 0 aliphatic carbocycles. The lowest BCUT2D eigenvalue weighted by atomic mass is 9.77. The van der Waals surface area contributed by atoms with Crippen LogP contribution in [0.1, 0.15) is 22.4 Å². The number of aromatic nitrogens is 1. The molecule has 0 unspecified atom stereocenters. The van der Waals surface area contributed by atoms with Gasteiger partial charge in [-0.3, -0.25) is 4.57 Å². The summed E-state index contributed by atoms with van der Waals surface area (Å²) in [6.45, 7) is 0. The summed E-state index contributed by atoms with van der Waals surface area (Å²) in [6.07, 6.45) is 0. The van der Waals surface area contributed by atoms with Gasteiger partial charge in [0.25, 0.3) is 0 Å². The van der Waals surface area contributed by atoms with Gasteiger partial charge >= 0.3 is 13.6 Å². The molecule has 0 spiro atoms. The molecular weight excluding hydrogens is 662 g/mol. The zero-order valence-corrected chi connectivity index (χ0v) is 26.3. The Bertz CT molecular complexity index is 1840. The van der Waals surface area contributed by atoms with Crippen LogP contribution in [0.25, 0.3) is 5.57 Å². The normalized spacial score (nSPS) is 12.2. The second kappa shape index (κ2) is 14.0. The topological polar surface area (TPSA) is 86.8 Å². The van der Waals surface area contributed by atoms with Gasteiger partial charge in [0.05, 0.1) is 11.3 Å². The fourth-order valence-corrected chi connectivity index (χ4v) is 6.46. The quantitative estimate of drug-likeness (QED) is 0.0218. The molecule has 47 heavy (non-hydrogen) atoms. The van der Waals surface area contributed by atoms with E-state index in [9.17, 15) is 31.3 Å².